The van der Waals surface area contributed by atoms with Crippen molar-refractivity contribution in [1.82, 2.24) is 4.98 Å². The van der Waals surface area contributed by atoms with Gasteiger partial charge in [-0.15, -0.1) is 11.3 Å². The van der Waals surface area contributed by atoms with Gasteiger partial charge >= 0.3 is 5.97 Å². The number of carboxylic acids is 1. The number of aromatic nitrogens is 1. The van der Waals surface area contributed by atoms with Crippen LogP contribution in [-0.4, -0.2) is 22.9 Å². The zero-order chi connectivity index (χ0) is 16.8. The van der Waals surface area contributed by atoms with Crippen molar-refractivity contribution in [2.75, 3.05) is 6.79 Å². The molecule has 0 amide bonds. The van der Waals surface area contributed by atoms with E-state index in [9.17, 15) is 9.90 Å². The Morgan fingerprint density at radius 1 is 1.25 bits per heavy atom. The molecular weight excluding hydrogens is 326 g/mol. The van der Waals surface area contributed by atoms with E-state index in [0.717, 1.165) is 37.5 Å². The zero-order valence-corrected chi connectivity index (χ0v) is 14.1. The highest BCUT2D eigenvalue weighted by molar-refractivity contribution is 7.15. The topological polar surface area (TPSA) is 68.7 Å². The Balaban J connectivity index is 2.01. The van der Waals surface area contributed by atoms with Crippen molar-refractivity contribution < 1.29 is 19.4 Å². The number of aliphatic carboxylic acids is 1. The third kappa shape index (κ3) is 2.39. The molecule has 0 saturated carbocycles. The van der Waals surface area contributed by atoms with Gasteiger partial charge in [-0.3, -0.25) is 4.79 Å². The lowest BCUT2D eigenvalue weighted by Gasteiger charge is -2.13. The molecule has 0 unspecified atom stereocenters. The Bertz CT molecular complexity index is 977. The summed E-state index contributed by atoms with van der Waals surface area (Å²) in [6, 6.07) is 7.76. The van der Waals surface area contributed by atoms with E-state index in [2.05, 4.69) is 0 Å². The number of carbonyl (C=O) groups is 1. The van der Waals surface area contributed by atoms with Crippen molar-refractivity contribution in [3.05, 3.63) is 40.3 Å². The molecule has 3 aromatic rings. The largest absolute Gasteiger partial charge is 0.481 e. The molecule has 0 spiro atoms. The Morgan fingerprint density at radius 2 is 2.00 bits per heavy atom. The molecular formula is C18H15NO4S. The van der Waals surface area contributed by atoms with Crippen molar-refractivity contribution in [1.29, 1.82) is 0 Å². The van der Waals surface area contributed by atoms with Crippen LogP contribution in [0, 0.1) is 13.8 Å². The molecule has 0 saturated heterocycles. The highest BCUT2D eigenvalue weighted by atomic mass is 32.1. The van der Waals surface area contributed by atoms with Crippen molar-refractivity contribution in [2.45, 2.75) is 20.3 Å². The predicted octanol–water partition coefficient (Wildman–Crippen LogP) is 3.94. The molecule has 1 aliphatic rings. The molecule has 0 atom stereocenters. The lowest BCUT2D eigenvalue weighted by Crippen LogP contribution is -2.06. The fourth-order valence-electron chi connectivity index (χ4n) is 2.99. The van der Waals surface area contributed by atoms with Crippen molar-refractivity contribution in [3.63, 3.8) is 0 Å². The summed E-state index contributed by atoms with van der Waals surface area (Å²) in [6.45, 7) is 4.16. The van der Waals surface area contributed by atoms with Crippen LogP contribution in [0.3, 0.4) is 0 Å². The van der Waals surface area contributed by atoms with Gasteiger partial charge in [-0.05, 0) is 43.2 Å². The molecule has 5 nitrogen and oxygen atoms in total. The van der Waals surface area contributed by atoms with E-state index >= 15 is 0 Å². The number of ether oxygens (including phenoxy) is 2. The minimum atomic E-state index is -0.866. The van der Waals surface area contributed by atoms with Gasteiger partial charge in [0, 0.05) is 16.3 Å². The quantitative estimate of drug-likeness (QED) is 0.781. The van der Waals surface area contributed by atoms with E-state index in [0.29, 0.717) is 11.5 Å². The number of carboxylic acid groups (broad SMARTS) is 1. The lowest BCUT2D eigenvalue weighted by atomic mass is 9.98. The number of rotatable bonds is 3. The van der Waals surface area contributed by atoms with Crippen LogP contribution in [0.15, 0.2) is 24.3 Å². The fraction of sp³-hybridized carbons (Fsp3) is 0.222. The van der Waals surface area contributed by atoms with Gasteiger partial charge in [0.15, 0.2) is 11.5 Å². The Labute approximate surface area is 142 Å². The Hall–Kier alpha value is -2.60. The monoisotopic (exact) mass is 341 g/mol. The normalized spacial score (nSPS) is 12.8. The predicted molar refractivity (Wildman–Crippen MR) is 92.0 cm³/mol. The smallest absolute Gasteiger partial charge is 0.307 e. The Kier molecular flexibility index (Phi) is 3.42. The van der Waals surface area contributed by atoms with Crippen LogP contribution >= 0.6 is 11.3 Å². The van der Waals surface area contributed by atoms with Crippen LogP contribution in [-0.2, 0) is 11.2 Å². The van der Waals surface area contributed by atoms with Crippen molar-refractivity contribution >= 4 is 28.2 Å². The minimum absolute atomic E-state index is 0.0600. The summed E-state index contributed by atoms with van der Waals surface area (Å²) in [5.41, 5.74) is 3.18. The summed E-state index contributed by atoms with van der Waals surface area (Å²) < 4.78 is 10.9. The van der Waals surface area contributed by atoms with Crippen LogP contribution in [0.2, 0.25) is 0 Å². The van der Waals surface area contributed by atoms with E-state index in [1.165, 1.54) is 0 Å². The fourth-order valence-corrected chi connectivity index (χ4v) is 3.87. The first-order valence-electron chi connectivity index (χ1n) is 7.54. The molecule has 1 N–H and O–H groups in total. The number of thiophene rings is 1. The molecule has 6 heteroatoms. The summed E-state index contributed by atoms with van der Waals surface area (Å²) in [5, 5.41) is 10.2. The highest BCUT2D eigenvalue weighted by Crippen LogP contribution is 2.40. The summed E-state index contributed by atoms with van der Waals surface area (Å²) in [5.74, 6) is 0.483. The Morgan fingerprint density at radius 3 is 2.67 bits per heavy atom. The molecule has 4 rings (SSSR count). The van der Waals surface area contributed by atoms with Gasteiger partial charge in [-0.2, -0.15) is 0 Å². The first kappa shape index (κ1) is 15.0. The molecule has 1 aliphatic heterocycles. The zero-order valence-electron chi connectivity index (χ0n) is 13.3. The average molecular weight is 341 g/mol. The van der Waals surface area contributed by atoms with E-state index in [-0.39, 0.29) is 13.2 Å². The molecule has 2 aromatic heterocycles. The molecule has 0 fully saturated rings. The first-order valence-corrected chi connectivity index (χ1v) is 8.36. The van der Waals surface area contributed by atoms with E-state index in [4.69, 9.17) is 14.5 Å². The van der Waals surface area contributed by atoms with E-state index in [1.807, 2.05) is 38.1 Å². The number of hydrogen-bond donors (Lipinski definition) is 1. The highest BCUT2D eigenvalue weighted by Gasteiger charge is 2.21. The third-order valence-corrected chi connectivity index (χ3v) is 5.17. The van der Waals surface area contributed by atoms with E-state index in [1.54, 1.807) is 11.3 Å². The van der Waals surface area contributed by atoms with Crippen LogP contribution in [0.25, 0.3) is 21.5 Å². The lowest BCUT2D eigenvalue weighted by molar-refractivity contribution is -0.136. The number of pyridine rings is 1. The summed E-state index contributed by atoms with van der Waals surface area (Å²) >= 11 is 1.61. The number of hydrogen-bond acceptors (Lipinski definition) is 5. The second kappa shape index (κ2) is 5.49. The molecule has 0 aliphatic carbocycles. The number of nitrogens with zero attached hydrogens (tertiary/aromatic N) is 1. The SMILES string of the molecule is Cc1ccc(-c2nc3cc4c(cc3c(C)c2CC(=O)O)OCO4)s1. The number of benzene rings is 1. The van der Waals surface area contributed by atoms with Gasteiger partial charge in [0.1, 0.15) is 0 Å². The second-order valence-corrected chi connectivity index (χ2v) is 7.06. The summed E-state index contributed by atoms with van der Waals surface area (Å²) in [4.78, 5) is 18.3. The maximum Gasteiger partial charge on any atom is 0.307 e. The van der Waals surface area contributed by atoms with Crippen LogP contribution in [0.5, 0.6) is 11.5 Å². The molecule has 3 heterocycles. The molecule has 122 valence electrons. The average Bonchev–Trinajstić information content (AvgIpc) is 3.16. The van der Waals surface area contributed by atoms with Gasteiger partial charge in [-0.25, -0.2) is 4.98 Å². The van der Waals surface area contributed by atoms with Crippen molar-refractivity contribution in [2.24, 2.45) is 0 Å². The minimum Gasteiger partial charge on any atom is -0.481 e. The number of aryl methyl sites for hydroxylation is 2. The van der Waals surface area contributed by atoms with Gasteiger partial charge in [-0.1, -0.05) is 0 Å². The van der Waals surface area contributed by atoms with Gasteiger partial charge in [0.2, 0.25) is 6.79 Å². The van der Waals surface area contributed by atoms with Crippen LogP contribution in [0.1, 0.15) is 16.0 Å². The molecule has 1 aromatic carbocycles. The third-order valence-electron chi connectivity index (χ3n) is 4.17. The maximum absolute atomic E-state index is 11.4. The number of fused-ring (bicyclic) bond motifs is 2. The molecule has 24 heavy (non-hydrogen) atoms. The molecule has 0 bridgehead atoms. The second-order valence-electron chi connectivity index (χ2n) is 5.77. The first-order chi connectivity index (χ1) is 11.5. The van der Waals surface area contributed by atoms with Gasteiger partial charge < -0.3 is 14.6 Å². The standard InChI is InChI=1S/C18H15NO4S/c1-9-3-4-16(24-9)18-12(6-17(20)21)10(2)11-5-14-15(23-8-22-14)7-13(11)19-18/h3-5,7H,6,8H2,1-2H3,(H,20,21). The van der Waals surface area contributed by atoms with Gasteiger partial charge in [0.05, 0.1) is 22.5 Å². The molecule has 0 radical (unpaired) electrons. The van der Waals surface area contributed by atoms with Crippen molar-refractivity contribution in [3.8, 4) is 22.1 Å². The maximum atomic E-state index is 11.4. The van der Waals surface area contributed by atoms with Crippen LogP contribution < -0.4 is 9.47 Å². The summed E-state index contributed by atoms with van der Waals surface area (Å²) in [7, 11) is 0. The summed E-state index contributed by atoms with van der Waals surface area (Å²) in [6.07, 6.45) is -0.0600. The van der Waals surface area contributed by atoms with Crippen LogP contribution in [0.4, 0.5) is 0 Å². The van der Waals surface area contributed by atoms with E-state index < -0.39 is 5.97 Å². The van der Waals surface area contributed by atoms with Gasteiger partial charge in [0.25, 0.3) is 0 Å².